The van der Waals surface area contributed by atoms with Crippen molar-refractivity contribution in [3.8, 4) is 0 Å². The molecule has 0 aliphatic rings. The van der Waals surface area contributed by atoms with Gasteiger partial charge in [-0.15, -0.1) is 11.3 Å². The van der Waals surface area contributed by atoms with Gasteiger partial charge in [-0.3, -0.25) is 0 Å². The molecule has 1 N–H and O–H groups in total. The van der Waals surface area contributed by atoms with Gasteiger partial charge in [0.05, 0.1) is 0 Å². The zero-order valence-electron chi connectivity index (χ0n) is 11.0. The van der Waals surface area contributed by atoms with Crippen LogP contribution in [0.1, 0.15) is 35.9 Å². The first-order valence-electron chi connectivity index (χ1n) is 6.35. The molecule has 0 aliphatic carbocycles. The highest BCUT2D eigenvalue weighted by atomic mass is 79.9. The molecule has 0 saturated carbocycles. The maximum Gasteiger partial charge on any atom is 0.128 e. The molecule has 0 fully saturated rings. The van der Waals surface area contributed by atoms with E-state index in [1.165, 1.54) is 16.5 Å². The third kappa shape index (κ3) is 3.65. The largest absolute Gasteiger partial charge is 0.305 e. The van der Waals surface area contributed by atoms with E-state index in [0.29, 0.717) is 5.56 Å². The lowest BCUT2D eigenvalue weighted by Gasteiger charge is -2.15. The molecule has 4 heteroatoms. The van der Waals surface area contributed by atoms with Crippen LogP contribution in [0.2, 0.25) is 0 Å². The molecule has 2 aromatic rings. The van der Waals surface area contributed by atoms with Crippen molar-refractivity contribution in [2.75, 3.05) is 0 Å². The van der Waals surface area contributed by atoms with Crippen LogP contribution < -0.4 is 5.32 Å². The van der Waals surface area contributed by atoms with Gasteiger partial charge in [0.2, 0.25) is 0 Å². The number of aryl methyl sites for hydroxylation is 1. The fraction of sp³-hybridized carbons (Fsp3) is 0.333. The van der Waals surface area contributed by atoms with E-state index in [9.17, 15) is 4.39 Å². The average Bonchev–Trinajstić information content (AvgIpc) is 2.86. The Morgan fingerprint density at radius 1 is 1.37 bits per heavy atom. The second kappa shape index (κ2) is 6.64. The van der Waals surface area contributed by atoms with Crippen LogP contribution in [0.4, 0.5) is 4.39 Å². The molecule has 0 bridgehead atoms. The first-order chi connectivity index (χ1) is 9.11. The molecule has 1 heterocycles. The van der Waals surface area contributed by atoms with Crippen molar-refractivity contribution in [1.29, 1.82) is 0 Å². The predicted octanol–water partition coefficient (Wildman–Crippen LogP) is 5.06. The van der Waals surface area contributed by atoms with E-state index in [0.717, 1.165) is 17.4 Å². The van der Waals surface area contributed by atoms with Gasteiger partial charge in [-0.05, 0) is 48.6 Å². The Morgan fingerprint density at radius 3 is 2.89 bits per heavy atom. The quantitative estimate of drug-likeness (QED) is 0.801. The molecule has 1 unspecified atom stereocenters. The normalized spacial score (nSPS) is 12.6. The lowest BCUT2D eigenvalue weighted by atomic mass is 10.1. The van der Waals surface area contributed by atoms with E-state index in [2.05, 4.69) is 39.6 Å². The lowest BCUT2D eigenvalue weighted by Crippen LogP contribution is -2.19. The van der Waals surface area contributed by atoms with E-state index in [-0.39, 0.29) is 11.9 Å². The summed E-state index contributed by atoms with van der Waals surface area (Å²) in [7, 11) is 0. The minimum Gasteiger partial charge on any atom is -0.305 e. The van der Waals surface area contributed by atoms with Gasteiger partial charge in [0, 0.05) is 27.5 Å². The number of thiophene rings is 1. The zero-order valence-corrected chi connectivity index (χ0v) is 13.4. The summed E-state index contributed by atoms with van der Waals surface area (Å²) in [5, 5.41) is 5.50. The molecule has 0 amide bonds. The van der Waals surface area contributed by atoms with Crippen LogP contribution in [0.3, 0.4) is 0 Å². The molecular formula is C15H17BrFNS. The van der Waals surface area contributed by atoms with Crippen molar-refractivity contribution in [3.05, 3.63) is 55.9 Å². The first-order valence-corrected chi connectivity index (χ1v) is 8.02. The number of hydrogen-bond acceptors (Lipinski definition) is 2. The molecule has 1 aromatic heterocycles. The monoisotopic (exact) mass is 341 g/mol. The van der Waals surface area contributed by atoms with Crippen LogP contribution in [0.25, 0.3) is 0 Å². The second-order valence-corrected chi connectivity index (χ2v) is 6.41. The summed E-state index contributed by atoms with van der Waals surface area (Å²) in [6.07, 6.45) is 1.04. The Labute approximate surface area is 126 Å². The van der Waals surface area contributed by atoms with Gasteiger partial charge in [-0.25, -0.2) is 4.39 Å². The number of rotatable bonds is 5. The van der Waals surface area contributed by atoms with Gasteiger partial charge >= 0.3 is 0 Å². The molecule has 1 aromatic carbocycles. The van der Waals surface area contributed by atoms with Gasteiger partial charge in [-0.1, -0.05) is 22.9 Å². The van der Waals surface area contributed by atoms with E-state index in [1.807, 2.05) is 13.0 Å². The van der Waals surface area contributed by atoms with E-state index in [4.69, 9.17) is 0 Å². The van der Waals surface area contributed by atoms with E-state index in [1.54, 1.807) is 17.4 Å². The number of benzene rings is 1. The van der Waals surface area contributed by atoms with Crippen molar-refractivity contribution < 1.29 is 4.39 Å². The van der Waals surface area contributed by atoms with Gasteiger partial charge in [-0.2, -0.15) is 0 Å². The van der Waals surface area contributed by atoms with Crippen LogP contribution in [-0.2, 0) is 13.0 Å². The van der Waals surface area contributed by atoms with Crippen molar-refractivity contribution >= 4 is 27.3 Å². The predicted molar refractivity (Wildman–Crippen MR) is 83.1 cm³/mol. The van der Waals surface area contributed by atoms with Crippen LogP contribution in [0.15, 0.2) is 34.1 Å². The van der Waals surface area contributed by atoms with Crippen molar-refractivity contribution in [3.63, 3.8) is 0 Å². The Kier molecular flexibility index (Phi) is 5.13. The van der Waals surface area contributed by atoms with Crippen LogP contribution >= 0.6 is 27.3 Å². The zero-order chi connectivity index (χ0) is 13.8. The highest BCUT2D eigenvalue weighted by Crippen LogP contribution is 2.23. The molecule has 0 saturated heterocycles. The second-order valence-electron chi connectivity index (χ2n) is 4.49. The fourth-order valence-electron chi connectivity index (χ4n) is 2.04. The summed E-state index contributed by atoms with van der Waals surface area (Å²) in [5.41, 5.74) is 2.07. The maximum atomic E-state index is 13.8. The van der Waals surface area contributed by atoms with Crippen LogP contribution in [0.5, 0.6) is 0 Å². The van der Waals surface area contributed by atoms with Crippen molar-refractivity contribution in [2.45, 2.75) is 32.9 Å². The SMILES string of the molecule is CCc1ccsc1CNC(C)c1cc(Br)ccc1F. The van der Waals surface area contributed by atoms with Crippen LogP contribution in [-0.4, -0.2) is 0 Å². The van der Waals surface area contributed by atoms with Crippen molar-refractivity contribution in [2.24, 2.45) is 0 Å². The molecular weight excluding hydrogens is 325 g/mol. The third-order valence-corrected chi connectivity index (χ3v) is 4.67. The van der Waals surface area contributed by atoms with E-state index >= 15 is 0 Å². The minimum atomic E-state index is -0.162. The maximum absolute atomic E-state index is 13.8. The molecule has 1 atom stereocenters. The molecule has 0 spiro atoms. The lowest BCUT2D eigenvalue weighted by molar-refractivity contribution is 0.529. The minimum absolute atomic E-state index is 0.00990. The topological polar surface area (TPSA) is 12.0 Å². The summed E-state index contributed by atoms with van der Waals surface area (Å²) in [4.78, 5) is 1.34. The fourth-order valence-corrected chi connectivity index (χ4v) is 3.35. The smallest absolute Gasteiger partial charge is 0.128 e. The highest BCUT2D eigenvalue weighted by molar-refractivity contribution is 9.10. The summed E-state index contributed by atoms with van der Waals surface area (Å²) in [6, 6.07) is 7.21. The van der Waals surface area contributed by atoms with Gasteiger partial charge < -0.3 is 5.32 Å². The molecule has 0 aliphatic heterocycles. The van der Waals surface area contributed by atoms with E-state index < -0.39 is 0 Å². The Morgan fingerprint density at radius 2 is 2.16 bits per heavy atom. The number of halogens is 2. The number of hydrogen-bond donors (Lipinski definition) is 1. The summed E-state index contributed by atoms with van der Waals surface area (Å²) in [6.45, 7) is 4.93. The van der Waals surface area contributed by atoms with Gasteiger partial charge in [0.25, 0.3) is 0 Å². The Hall–Kier alpha value is -0.710. The Bertz CT molecular complexity index is 553. The third-order valence-electron chi connectivity index (χ3n) is 3.21. The average molecular weight is 342 g/mol. The summed E-state index contributed by atoms with van der Waals surface area (Å²) >= 11 is 5.14. The number of nitrogens with one attached hydrogen (secondary N) is 1. The standard InChI is InChI=1S/C15H17BrFNS/c1-3-11-6-7-19-15(11)9-18-10(2)13-8-12(16)4-5-14(13)17/h4-8,10,18H,3,9H2,1-2H3. The molecule has 19 heavy (non-hydrogen) atoms. The Balaban J connectivity index is 2.05. The van der Waals surface area contributed by atoms with Crippen LogP contribution in [0, 0.1) is 5.82 Å². The van der Waals surface area contributed by atoms with Crippen molar-refractivity contribution in [1.82, 2.24) is 5.32 Å². The summed E-state index contributed by atoms with van der Waals surface area (Å²) < 4.78 is 14.7. The highest BCUT2D eigenvalue weighted by Gasteiger charge is 2.12. The first kappa shape index (κ1) is 14.7. The summed E-state index contributed by atoms with van der Waals surface area (Å²) in [5.74, 6) is -0.162. The van der Waals surface area contributed by atoms with Gasteiger partial charge in [0.1, 0.15) is 5.82 Å². The molecule has 1 nitrogen and oxygen atoms in total. The van der Waals surface area contributed by atoms with Gasteiger partial charge in [0.15, 0.2) is 0 Å². The molecule has 102 valence electrons. The molecule has 2 rings (SSSR count). The molecule has 0 radical (unpaired) electrons.